The van der Waals surface area contributed by atoms with Gasteiger partial charge in [0.15, 0.2) is 0 Å². The first-order valence-corrected chi connectivity index (χ1v) is 10.6. The van der Waals surface area contributed by atoms with Crippen LogP contribution in [0.2, 0.25) is 0 Å². The third kappa shape index (κ3) is 4.54. The standard InChI is InChI=1S/C24H25FN4O3/c1-15-14-17(8-11-26-15)19-6-7-21(27-19)23(30)28-20-5-3-4-18(25)22(20)29-12-9-16(10-13-29)24(31)32-2/h3-6,8,11,14,16H,7,9-10,12-13H2,1-2H3,(H,28,30). The fourth-order valence-electron chi connectivity index (χ4n) is 4.10. The first-order chi connectivity index (χ1) is 15.5. The molecule has 3 heterocycles. The Morgan fingerprint density at radius 1 is 1.22 bits per heavy atom. The molecule has 1 aromatic carbocycles. The molecule has 7 nitrogen and oxygen atoms in total. The van der Waals surface area contributed by atoms with Crippen molar-refractivity contribution >= 4 is 34.7 Å². The van der Waals surface area contributed by atoms with Crippen LogP contribution in [0.1, 0.15) is 30.5 Å². The lowest BCUT2D eigenvalue weighted by Gasteiger charge is -2.33. The minimum atomic E-state index is -0.418. The summed E-state index contributed by atoms with van der Waals surface area (Å²) in [6, 6.07) is 8.38. The fourth-order valence-corrected chi connectivity index (χ4v) is 4.10. The molecule has 0 atom stereocenters. The molecule has 166 valence electrons. The number of amides is 1. The molecule has 1 amide bonds. The first-order valence-electron chi connectivity index (χ1n) is 10.6. The van der Waals surface area contributed by atoms with Crippen molar-refractivity contribution in [3.8, 4) is 0 Å². The van der Waals surface area contributed by atoms with Crippen molar-refractivity contribution in [1.82, 2.24) is 4.98 Å². The number of aromatic nitrogens is 1. The summed E-state index contributed by atoms with van der Waals surface area (Å²) in [5.41, 5.74) is 3.60. The average molecular weight is 436 g/mol. The Labute approximate surface area is 186 Å². The number of anilines is 2. The largest absolute Gasteiger partial charge is 0.469 e. The summed E-state index contributed by atoms with van der Waals surface area (Å²) in [6.07, 6.45) is 5.15. The van der Waals surface area contributed by atoms with E-state index in [4.69, 9.17) is 4.74 Å². The van der Waals surface area contributed by atoms with E-state index >= 15 is 0 Å². The molecule has 1 aromatic heterocycles. The van der Waals surface area contributed by atoms with Crippen molar-refractivity contribution in [2.75, 3.05) is 30.4 Å². The van der Waals surface area contributed by atoms with Gasteiger partial charge in [0.2, 0.25) is 0 Å². The van der Waals surface area contributed by atoms with Crippen LogP contribution in [-0.4, -0.2) is 42.8 Å². The molecule has 1 N–H and O–H groups in total. The first kappa shape index (κ1) is 21.7. The van der Waals surface area contributed by atoms with Gasteiger partial charge in [-0.25, -0.2) is 9.38 Å². The van der Waals surface area contributed by atoms with E-state index in [-0.39, 0.29) is 17.8 Å². The zero-order valence-electron chi connectivity index (χ0n) is 18.1. The Hall–Kier alpha value is -3.55. The van der Waals surface area contributed by atoms with Crippen molar-refractivity contribution in [1.29, 1.82) is 0 Å². The number of halogens is 1. The number of ether oxygens (including phenoxy) is 1. The number of para-hydroxylation sites is 1. The zero-order chi connectivity index (χ0) is 22.7. The molecule has 2 aromatic rings. The van der Waals surface area contributed by atoms with Crippen molar-refractivity contribution in [3.05, 3.63) is 59.7 Å². The topological polar surface area (TPSA) is 83.9 Å². The molecule has 0 bridgehead atoms. The van der Waals surface area contributed by atoms with Gasteiger partial charge in [0.25, 0.3) is 5.91 Å². The minimum absolute atomic E-state index is 0.185. The van der Waals surface area contributed by atoms with Gasteiger partial charge >= 0.3 is 5.97 Å². The number of esters is 1. The lowest BCUT2D eigenvalue weighted by Crippen LogP contribution is -2.38. The number of carbonyl (C=O) groups excluding carboxylic acids is 2. The number of pyridine rings is 1. The van der Waals surface area contributed by atoms with Crippen LogP contribution in [-0.2, 0) is 14.3 Å². The monoisotopic (exact) mass is 436 g/mol. The lowest BCUT2D eigenvalue weighted by atomic mass is 9.96. The quantitative estimate of drug-likeness (QED) is 0.722. The molecule has 0 aliphatic carbocycles. The number of aryl methyl sites for hydroxylation is 1. The zero-order valence-corrected chi connectivity index (χ0v) is 18.1. The second-order valence-corrected chi connectivity index (χ2v) is 7.91. The molecular formula is C24H25FN4O3. The maximum atomic E-state index is 14.8. The Balaban J connectivity index is 1.49. The summed E-state index contributed by atoms with van der Waals surface area (Å²) in [5.74, 6) is -1.20. The minimum Gasteiger partial charge on any atom is -0.469 e. The Morgan fingerprint density at radius 2 is 2.00 bits per heavy atom. The fraction of sp³-hybridized carbons (Fsp3) is 0.333. The second kappa shape index (κ2) is 9.30. The smallest absolute Gasteiger partial charge is 0.308 e. The predicted octanol–water partition coefficient (Wildman–Crippen LogP) is 3.74. The number of piperidine rings is 1. The summed E-state index contributed by atoms with van der Waals surface area (Å²) in [4.78, 5) is 35.2. The van der Waals surface area contributed by atoms with Crippen molar-refractivity contribution in [3.63, 3.8) is 0 Å². The maximum absolute atomic E-state index is 14.8. The number of nitrogens with one attached hydrogen (secondary N) is 1. The van der Waals surface area contributed by atoms with Crippen LogP contribution in [0, 0.1) is 18.7 Å². The maximum Gasteiger partial charge on any atom is 0.308 e. The van der Waals surface area contributed by atoms with Crippen LogP contribution in [0.25, 0.3) is 5.70 Å². The van der Waals surface area contributed by atoms with E-state index in [2.05, 4.69) is 15.3 Å². The van der Waals surface area contributed by atoms with Crippen LogP contribution in [0.3, 0.4) is 0 Å². The number of nitrogens with zero attached hydrogens (tertiary/aromatic N) is 3. The molecule has 0 spiro atoms. The number of benzene rings is 1. The third-order valence-corrected chi connectivity index (χ3v) is 5.78. The van der Waals surface area contributed by atoms with Gasteiger partial charge in [-0.2, -0.15) is 0 Å². The Kier molecular flexibility index (Phi) is 6.30. The van der Waals surface area contributed by atoms with E-state index < -0.39 is 5.82 Å². The van der Waals surface area contributed by atoms with Gasteiger partial charge in [-0.05, 0) is 44.0 Å². The van der Waals surface area contributed by atoms with Gasteiger partial charge in [0.05, 0.1) is 30.1 Å². The van der Waals surface area contributed by atoms with Gasteiger partial charge in [0.1, 0.15) is 11.5 Å². The van der Waals surface area contributed by atoms with E-state index in [1.807, 2.05) is 30.0 Å². The molecule has 2 aliphatic rings. The van der Waals surface area contributed by atoms with Crippen LogP contribution < -0.4 is 10.2 Å². The SMILES string of the molecule is COC(=O)C1CCN(c2c(F)cccc2NC(=O)C2=NC(c3ccnc(C)c3)=CC2)CC1. The molecule has 0 unspecified atom stereocenters. The molecule has 32 heavy (non-hydrogen) atoms. The highest BCUT2D eigenvalue weighted by Gasteiger charge is 2.28. The molecule has 0 radical (unpaired) electrons. The number of hydrogen-bond acceptors (Lipinski definition) is 6. The highest BCUT2D eigenvalue weighted by atomic mass is 19.1. The molecule has 1 saturated heterocycles. The summed E-state index contributed by atoms with van der Waals surface area (Å²) < 4.78 is 19.6. The third-order valence-electron chi connectivity index (χ3n) is 5.78. The van der Waals surface area contributed by atoms with E-state index in [1.165, 1.54) is 13.2 Å². The summed E-state index contributed by atoms with van der Waals surface area (Å²) in [5, 5.41) is 2.83. The summed E-state index contributed by atoms with van der Waals surface area (Å²) >= 11 is 0. The van der Waals surface area contributed by atoms with Gasteiger partial charge in [0, 0.05) is 37.0 Å². The van der Waals surface area contributed by atoms with E-state index in [0.717, 1.165) is 17.0 Å². The number of aliphatic imine (C=N–C) groups is 1. The van der Waals surface area contributed by atoms with Crippen LogP contribution in [0.5, 0.6) is 0 Å². The predicted molar refractivity (Wildman–Crippen MR) is 121 cm³/mol. The van der Waals surface area contributed by atoms with E-state index in [9.17, 15) is 14.0 Å². The summed E-state index contributed by atoms with van der Waals surface area (Å²) in [7, 11) is 1.38. The van der Waals surface area contributed by atoms with E-state index in [0.29, 0.717) is 49.4 Å². The molecule has 8 heteroatoms. The molecule has 1 fully saturated rings. The van der Waals surface area contributed by atoms with Crippen molar-refractivity contribution in [2.24, 2.45) is 10.9 Å². The van der Waals surface area contributed by atoms with E-state index in [1.54, 1.807) is 18.3 Å². The highest BCUT2D eigenvalue weighted by Crippen LogP contribution is 2.33. The molecule has 0 saturated carbocycles. The van der Waals surface area contributed by atoms with Gasteiger partial charge in [-0.3, -0.25) is 14.6 Å². The number of rotatable bonds is 5. The Bertz CT molecular complexity index is 1100. The molecule has 4 rings (SSSR count). The van der Waals surface area contributed by atoms with Crippen molar-refractivity contribution < 1.29 is 18.7 Å². The van der Waals surface area contributed by atoms with Crippen LogP contribution >= 0.6 is 0 Å². The number of methoxy groups -OCH3 is 1. The van der Waals surface area contributed by atoms with Crippen LogP contribution in [0.15, 0.2) is 47.6 Å². The number of carbonyl (C=O) groups is 2. The van der Waals surface area contributed by atoms with Crippen LogP contribution in [0.4, 0.5) is 15.8 Å². The highest BCUT2D eigenvalue weighted by molar-refractivity contribution is 6.45. The Morgan fingerprint density at radius 3 is 2.72 bits per heavy atom. The number of allylic oxidation sites excluding steroid dienone is 1. The molecular weight excluding hydrogens is 411 g/mol. The average Bonchev–Trinajstić information content (AvgIpc) is 3.30. The van der Waals surface area contributed by atoms with Crippen molar-refractivity contribution in [2.45, 2.75) is 26.2 Å². The normalized spacial score (nSPS) is 16.4. The lowest BCUT2D eigenvalue weighted by molar-refractivity contribution is -0.146. The second-order valence-electron chi connectivity index (χ2n) is 7.91. The summed E-state index contributed by atoms with van der Waals surface area (Å²) in [6.45, 7) is 2.89. The molecule has 2 aliphatic heterocycles. The number of hydrogen-bond donors (Lipinski definition) is 1. The van der Waals surface area contributed by atoms with Gasteiger partial charge < -0.3 is 15.0 Å². The van der Waals surface area contributed by atoms with Gasteiger partial charge in [-0.1, -0.05) is 12.1 Å². The van der Waals surface area contributed by atoms with Gasteiger partial charge in [-0.15, -0.1) is 0 Å².